The Morgan fingerprint density at radius 3 is 2.00 bits per heavy atom. The Labute approximate surface area is 248 Å². The van der Waals surface area contributed by atoms with Crippen LogP contribution >= 0.6 is 0 Å². The Balaban J connectivity index is 1.53. The van der Waals surface area contributed by atoms with E-state index < -0.39 is 35.1 Å². The Kier molecular flexibility index (Phi) is 8.39. The largest absolute Gasteiger partial charge is 0.394 e. The molecule has 1 spiro atoms. The summed E-state index contributed by atoms with van der Waals surface area (Å²) >= 11 is 0. The first kappa shape index (κ1) is 29.7. The second-order valence-electron chi connectivity index (χ2n) is 12.0. The molecule has 222 valence electrons. The lowest BCUT2D eigenvalue weighted by Gasteiger charge is -2.38. The van der Waals surface area contributed by atoms with Gasteiger partial charge in [0.15, 0.2) is 0 Å². The lowest BCUT2D eigenvalue weighted by Crippen LogP contribution is -2.58. The maximum absolute atomic E-state index is 14.5. The molecule has 3 heterocycles. The highest BCUT2D eigenvalue weighted by molar-refractivity contribution is 5.99. The summed E-state index contributed by atoms with van der Waals surface area (Å²) < 4.78 is 6.80. The van der Waals surface area contributed by atoms with Gasteiger partial charge in [0.2, 0.25) is 17.7 Å². The van der Waals surface area contributed by atoms with E-state index in [0.29, 0.717) is 32.5 Å². The van der Waals surface area contributed by atoms with Crippen LogP contribution in [0.5, 0.6) is 0 Å². The van der Waals surface area contributed by atoms with Crippen molar-refractivity contribution in [2.75, 3.05) is 19.7 Å². The van der Waals surface area contributed by atoms with Crippen LogP contribution in [0.15, 0.2) is 86.0 Å². The van der Waals surface area contributed by atoms with Crippen LogP contribution in [0, 0.1) is 11.8 Å². The molecular formula is C34H41N3O5. The van der Waals surface area contributed by atoms with Crippen LogP contribution in [0.25, 0.3) is 0 Å². The van der Waals surface area contributed by atoms with E-state index >= 15 is 0 Å². The van der Waals surface area contributed by atoms with Gasteiger partial charge in [0.1, 0.15) is 11.6 Å². The van der Waals surface area contributed by atoms with Crippen molar-refractivity contribution in [1.29, 1.82) is 0 Å². The molecule has 8 nitrogen and oxygen atoms in total. The van der Waals surface area contributed by atoms with Gasteiger partial charge in [-0.3, -0.25) is 14.4 Å². The molecule has 0 aliphatic carbocycles. The predicted molar refractivity (Wildman–Crippen MR) is 160 cm³/mol. The number of likely N-dealkylation sites (tertiary alicyclic amines) is 1. The molecule has 3 fully saturated rings. The van der Waals surface area contributed by atoms with Crippen molar-refractivity contribution >= 4 is 17.7 Å². The molecule has 3 saturated heterocycles. The van der Waals surface area contributed by atoms with Gasteiger partial charge >= 0.3 is 0 Å². The minimum Gasteiger partial charge on any atom is -0.394 e. The third kappa shape index (κ3) is 4.96. The summed E-state index contributed by atoms with van der Waals surface area (Å²) in [5, 5.41) is 10.2. The van der Waals surface area contributed by atoms with Gasteiger partial charge in [-0.1, -0.05) is 72.8 Å². The molecule has 6 atom stereocenters. The zero-order chi connectivity index (χ0) is 30.1. The molecule has 2 bridgehead atoms. The normalized spacial score (nSPS) is 28.3. The molecular weight excluding hydrogens is 530 g/mol. The lowest BCUT2D eigenvalue weighted by molar-refractivity contribution is -0.156. The molecule has 0 radical (unpaired) electrons. The Bertz CT molecular complexity index is 1330. The molecule has 3 amide bonds. The number of rotatable bonds is 12. The first-order valence-corrected chi connectivity index (χ1v) is 14.7. The summed E-state index contributed by atoms with van der Waals surface area (Å²) in [5.41, 5.74) is -0.150. The van der Waals surface area contributed by atoms with Crippen LogP contribution < -0.4 is 0 Å². The van der Waals surface area contributed by atoms with E-state index in [1.807, 2.05) is 67.6 Å². The molecule has 0 aromatic heterocycles. The smallest absolute Gasteiger partial charge is 0.249 e. The van der Waals surface area contributed by atoms with E-state index in [1.54, 1.807) is 28.9 Å². The third-order valence-corrected chi connectivity index (χ3v) is 9.21. The third-order valence-electron chi connectivity index (χ3n) is 9.21. The number of amides is 3. The molecule has 3 aliphatic rings. The number of carbonyl (C=O) groups excluding carboxylic acids is 3. The van der Waals surface area contributed by atoms with Crippen molar-refractivity contribution in [3.63, 3.8) is 0 Å². The molecule has 3 aliphatic heterocycles. The zero-order valence-corrected chi connectivity index (χ0v) is 24.5. The fraction of sp³-hybridized carbons (Fsp3) is 0.441. The summed E-state index contributed by atoms with van der Waals surface area (Å²) in [5.74, 6) is -2.36. The zero-order valence-electron chi connectivity index (χ0n) is 24.5. The van der Waals surface area contributed by atoms with Crippen molar-refractivity contribution in [3.05, 3.63) is 97.1 Å². The molecule has 0 saturated carbocycles. The molecule has 2 aromatic rings. The summed E-state index contributed by atoms with van der Waals surface area (Å²) in [6.45, 7) is 12.3. The molecule has 2 unspecified atom stereocenters. The number of carbonyl (C=O) groups is 3. The molecule has 42 heavy (non-hydrogen) atoms. The first-order valence-electron chi connectivity index (χ1n) is 14.7. The predicted octanol–water partition coefficient (Wildman–Crippen LogP) is 3.56. The highest BCUT2D eigenvalue weighted by atomic mass is 16.5. The van der Waals surface area contributed by atoms with Crippen LogP contribution in [0.4, 0.5) is 0 Å². The fourth-order valence-electron chi connectivity index (χ4n) is 7.34. The maximum Gasteiger partial charge on any atom is 0.249 e. The van der Waals surface area contributed by atoms with Gasteiger partial charge in [0, 0.05) is 26.2 Å². The van der Waals surface area contributed by atoms with Gasteiger partial charge in [0.05, 0.1) is 30.1 Å². The maximum atomic E-state index is 14.5. The minimum absolute atomic E-state index is 0.182. The highest BCUT2D eigenvalue weighted by Gasteiger charge is 2.78. The summed E-state index contributed by atoms with van der Waals surface area (Å²) in [6.07, 6.45) is 4.38. The molecule has 8 heteroatoms. The van der Waals surface area contributed by atoms with Crippen molar-refractivity contribution in [3.8, 4) is 0 Å². The highest BCUT2D eigenvalue weighted by Crippen LogP contribution is 2.63. The Morgan fingerprint density at radius 1 is 0.976 bits per heavy atom. The average Bonchev–Trinajstić information content (AvgIpc) is 3.57. The van der Waals surface area contributed by atoms with E-state index in [4.69, 9.17) is 4.74 Å². The quantitative estimate of drug-likeness (QED) is 0.394. The number of nitrogens with zero attached hydrogens (tertiary/aromatic N) is 3. The standard InChI is InChI=1S/C34H41N3O5/c1-5-19-35(21-25-13-9-7-10-14-25)30(39)27-28-31(40)37(24(3)23-38)29(34(28)18-17-33(27,4)42-34)32(41)36(20-6-2)22-26-15-11-8-12-16-26/h5-16,24,27-29,38H,1-2,17-23H2,3-4H3/t24-,27+,28+,29?,33-,34?/m1/s1. The summed E-state index contributed by atoms with van der Waals surface area (Å²) in [6, 6.07) is 17.8. The Hall–Kier alpha value is -3.75. The van der Waals surface area contributed by atoms with Crippen molar-refractivity contribution < 1.29 is 24.2 Å². The van der Waals surface area contributed by atoms with Crippen LogP contribution in [0.3, 0.4) is 0 Å². The number of hydrogen-bond acceptors (Lipinski definition) is 5. The first-order chi connectivity index (χ1) is 20.2. The average molecular weight is 572 g/mol. The number of hydrogen-bond donors (Lipinski definition) is 1. The van der Waals surface area contributed by atoms with E-state index in [9.17, 15) is 19.5 Å². The SMILES string of the molecule is C=CCN(Cc1ccccc1)C(=O)C1N([C@H](C)CO)C(=O)[C@@H]2[C@@H](C(=O)N(CC=C)Cc3ccccc3)[C@@]3(C)CCC12O3. The van der Waals surface area contributed by atoms with Gasteiger partial charge in [-0.25, -0.2) is 0 Å². The second kappa shape index (κ2) is 11.9. The number of ether oxygens (including phenoxy) is 1. The van der Waals surface area contributed by atoms with Gasteiger partial charge in [-0.05, 0) is 37.8 Å². The van der Waals surface area contributed by atoms with Crippen LogP contribution in [0.1, 0.15) is 37.8 Å². The molecule has 1 N–H and O–H groups in total. The van der Waals surface area contributed by atoms with Crippen molar-refractivity contribution in [1.82, 2.24) is 14.7 Å². The number of fused-ring (bicyclic) bond motifs is 1. The van der Waals surface area contributed by atoms with E-state index in [1.165, 1.54) is 4.90 Å². The minimum atomic E-state index is -1.17. The molecule has 5 rings (SSSR count). The topological polar surface area (TPSA) is 90.4 Å². The molecule has 2 aromatic carbocycles. The lowest BCUT2D eigenvalue weighted by atomic mass is 9.66. The van der Waals surface area contributed by atoms with E-state index in [2.05, 4.69) is 13.2 Å². The van der Waals surface area contributed by atoms with E-state index in [-0.39, 0.29) is 30.9 Å². The van der Waals surface area contributed by atoms with Crippen LogP contribution in [-0.2, 0) is 32.2 Å². The van der Waals surface area contributed by atoms with Gasteiger partial charge in [0.25, 0.3) is 0 Å². The van der Waals surface area contributed by atoms with Gasteiger partial charge in [-0.15, -0.1) is 13.2 Å². The fourth-order valence-corrected chi connectivity index (χ4v) is 7.34. The number of benzene rings is 2. The monoisotopic (exact) mass is 571 g/mol. The van der Waals surface area contributed by atoms with Gasteiger partial charge < -0.3 is 24.5 Å². The number of aliphatic hydroxyl groups is 1. The second-order valence-corrected chi connectivity index (χ2v) is 12.0. The number of aliphatic hydroxyl groups excluding tert-OH is 1. The van der Waals surface area contributed by atoms with Gasteiger partial charge in [-0.2, -0.15) is 0 Å². The van der Waals surface area contributed by atoms with Crippen LogP contribution in [-0.4, -0.2) is 80.5 Å². The van der Waals surface area contributed by atoms with Crippen molar-refractivity contribution in [2.24, 2.45) is 11.8 Å². The summed E-state index contributed by atoms with van der Waals surface area (Å²) in [7, 11) is 0. The van der Waals surface area contributed by atoms with Crippen molar-refractivity contribution in [2.45, 2.75) is 63.1 Å². The summed E-state index contributed by atoms with van der Waals surface area (Å²) in [4.78, 5) is 48.2. The van der Waals surface area contributed by atoms with E-state index in [0.717, 1.165) is 11.1 Å². The van der Waals surface area contributed by atoms with Crippen LogP contribution in [0.2, 0.25) is 0 Å². The Morgan fingerprint density at radius 2 is 1.50 bits per heavy atom.